The molecule has 2 N–H and O–H groups in total. The fourth-order valence-electron chi connectivity index (χ4n) is 1.36. The molecule has 0 aliphatic rings. The van der Waals surface area contributed by atoms with E-state index in [1.807, 2.05) is 24.3 Å². The molecule has 1 aromatic carbocycles. The summed E-state index contributed by atoms with van der Waals surface area (Å²) in [6, 6.07) is 10.7. The molecule has 0 unspecified atom stereocenters. The minimum Gasteiger partial charge on any atom is -0.487 e. The lowest BCUT2D eigenvalue weighted by Gasteiger charge is -2.05. The first kappa shape index (κ1) is 11.1. The number of nitrogens with two attached hydrogens (primary N) is 1. The van der Waals surface area contributed by atoms with Gasteiger partial charge in [-0.3, -0.25) is 9.78 Å². The first-order valence-electron chi connectivity index (χ1n) is 5.17. The highest BCUT2D eigenvalue weighted by Gasteiger charge is 2.00. The molecule has 1 heterocycles. The van der Waals surface area contributed by atoms with Crippen molar-refractivity contribution in [3.63, 3.8) is 0 Å². The Hall–Kier alpha value is -2.36. The first-order valence-corrected chi connectivity index (χ1v) is 5.17. The third-order valence-corrected chi connectivity index (χ3v) is 2.28. The van der Waals surface area contributed by atoms with Gasteiger partial charge in [-0.05, 0) is 29.8 Å². The van der Waals surface area contributed by atoms with Gasteiger partial charge in [-0.25, -0.2) is 0 Å². The van der Waals surface area contributed by atoms with Crippen LogP contribution in [0.15, 0.2) is 48.8 Å². The molecule has 1 amide bonds. The summed E-state index contributed by atoms with van der Waals surface area (Å²) in [4.78, 5) is 14.8. The Bertz CT molecular complexity index is 495. The summed E-state index contributed by atoms with van der Waals surface area (Å²) < 4.78 is 5.51. The number of pyridine rings is 1. The Morgan fingerprint density at radius 3 is 2.59 bits per heavy atom. The minimum atomic E-state index is -0.426. The Morgan fingerprint density at radius 1 is 1.24 bits per heavy atom. The molecule has 0 atom stereocenters. The Balaban J connectivity index is 1.98. The van der Waals surface area contributed by atoms with Gasteiger partial charge < -0.3 is 10.5 Å². The van der Waals surface area contributed by atoms with Crippen molar-refractivity contribution in [2.75, 3.05) is 0 Å². The van der Waals surface area contributed by atoms with Gasteiger partial charge in [-0.1, -0.05) is 12.1 Å². The standard InChI is InChI=1S/C13H12N2O2/c14-13(16)11-5-3-10(4-6-11)9-17-12-2-1-7-15-8-12/h1-8H,9H2,(H2,14,16). The number of ether oxygens (including phenoxy) is 1. The van der Waals surface area contributed by atoms with Crippen molar-refractivity contribution in [1.29, 1.82) is 0 Å². The lowest BCUT2D eigenvalue weighted by molar-refractivity contribution is 0.1000. The van der Waals surface area contributed by atoms with Crippen LogP contribution in [-0.2, 0) is 6.61 Å². The monoisotopic (exact) mass is 228 g/mol. The van der Waals surface area contributed by atoms with E-state index < -0.39 is 5.91 Å². The number of aromatic nitrogens is 1. The third-order valence-electron chi connectivity index (χ3n) is 2.28. The number of carbonyl (C=O) groups is 1. The van der Waals surface area contributed by atoms with E-state index in [-0.39, 0.29) is 0 Å². The number of primary amides is 1. The predicted octanol–water partition coefficient (Wildman–Crippen LogP) is 1.76. The lowest BCUT2D eigenvalue weighted by atomic mass is 10.1. The van der Waals surface area contributed by atoms with Crippen molar-refractivity contribution in [1.82, 2.24) is 4.98 Å². The Labute approximate surface area is 99.1 Å². The van der Waals surface area contributed by atoms with E-state index in [4.69, 9.17) is 10.5 Å². The topological polar surface area (TPSA) is 65.2 Å². The van der Waals surface area contributed by atoms with E-state index in [1.54, 1.807) is 24.5 Å². The van der Waals surface area contributed by atoms with Gasteiger partial charge in [0.2, 0.25) is 5.91 Å². The molecule has 17 heavy (non-hydrogen) atoms. The van der Waals surface area contributed by atoms with Crippen LogP contribution in [0.1, 0.15) is 15.9 Å². The van der Waals surface area contributed by atoms with E-state index in [0.29, 0.717) is 17.9 Å². The van der Waals surface area contributed by atoms with Crippen molar-refractivity contribution in [2.24, 2.45) is 5.73 Å². The van der Waals surface area contributed by atoms with Crippen molar-refractivity contribution in [2.45, 2.75) is 6.61 Å². The average molecular weight is 228 g/mol. The second-order valence-electron chi connectivity index (χ2n) is 3.54. The number of hydrogen-bond donors (Lipinski definition) is 1. The summed E-state index contributed by atoms with van der Waals surface area (Å²) in [5.74, 6) is 0.288. The molecule has 0 saturated heterocycles. The van der Waals surface area contributed by atoms with Gasteiger partial charge in [-0.2, -0.15) is 0 Å². The highest BCUT2D eigenvalue weighted by atomic mass is 16.5. The van der Waals surface area contributed by atoms with Crippen LogP contribution < -0.4 is 10.5 Å². The van der Waals surface area contributed by atoms with Crippen LogP contribution in [0.5, 0.6) is 5.75 Å². The molecular weight excluding hydrogens is 216 g/mol. The smallest absolute Gasteiger partial charge is 0.248 e. The van der Waals surface area contributed by atoms with Gasteiger partial charge in [0, 0.05) is 11.8 Å². The van der Waals surface area contributed by atoms with E-state index in [9.17, 15) is 4.79 Å². The normalized spacial score (nSPS) is 9.88. The van der Waals surface area contributed by atoms with Crippen LogP contribution in [0.25, 0.3) is 0 Å². The molecule has 4 nitrogen and oxygen atoms in total. The molecule has 4 heteroatoms. The summed E-state index contributed by atoms with van der Waals surface area (Å²) in [7, 11) is 0. The number of carbonyl (C=O) groups excluding carboxylic acids is 1. The van der Waals surface area contributed by atoms with Gasteiger partial charge in [0.1, 0.15) is 12.4 Å². The van der Waals surface area contributed by atoms with Crippen LogP contribution in [0.2, 0.25) is 0 Å². The molecule has 2 rings (SSSR count). The molecule has 2 aromatic rings. The molecule has 86 valence electrons. The molecule has 0 saturated carbocycles. The summed E-state index contributed by atoms with van der Waals surface area (Å²) in [6.45, 7) is 0.435. The first-order chi connectivity index (χ1) is 8.25. The predicted molar refractivity (Wildman–Crippen MR) is 63.5 cm³/mol. The number of nitrogens with zero attached hydrogens (tertiary/aromatic N) is 1. The van der Waals surface area contributed by atoms with Gasteiger partial charge in [0.25, 0.3) is 0 Å². The maximum atomic E-state index is 10.9. The zero-order valence-electron chi connectivity index (χ0n) is 9.17. The summed E-state index contributed by atoms with van der Waals surface area (Å²) in [5, 5.41) is 0. The zero-order chi connectivity index (χ0) is 12.1. The van der Waals surface area contributed by atoms with Crippen molar-refractivity contribution >= 4 is 5.91 Å². The molecule has 0 spiro atoms. The maximum Gasteiger partial charge on any atom is 0.248 e. The van der Waals surface area contributed by atoms with Gasteiger partial charge in [0.15, 0.2) is 0 Å². The van der Waals surface area contributed by atoms with E-state index in [2.05, 4.69) is 4.98 Å². The van der Waals surface area contributed by atoms with Crippen molar-refractivity contribution in [3.05, 3.63) is 59.9 Å². The van der Waals surface area contributed by atoms with Crippen LogP contribution >= 0.6 is 0 Å². The van der Waals surface area contributed by atoms with Crippen LogP contribution in [-0.4, -0.2) is 10.9 Å². The SMILES string of the molecule is NC(=O)c1ccc(COc2cccnc2)cc1. The number of rotatable bonds is 4. The number of amides is 1. The second kappa shape index (κ2) is 5.12. The lowest BCUT2D eigenvalue weighted by Crippen LogP contribution is -2.10. The van der Waals surface area contributed by atoms with Crippen molar-refractivity contribution in [3.8, 4) is 5.75 Å². The van der Waals surface area contributed by atoms with Crippen molar-refractivity contribution < 1.29 is 9.53 Å². The molecule has 0 fully saturated rings. The summed E-state index contributed by atoms with van der Waals surface area (Å²) in [6.07, 6.45) is 3.34. The molecule has 0 aliphatic carbocycles. The summed E-state index contributed by atoms with van der Waals surface area (Å²) in [5.41, 5.74) is 6.62. The van der Waals surface area contributed by atoms with Gasteiger partial charge in [-0.15, -0.1) is 0 Å². The Morgan fingerprint density at radius 2 is 2.00 bits per heavy atom. The quantitative estimate of drug-likeness (QED) is 0.867. The van der Waals surface area contributed by atoms with E-state index in [1.165, 1.54) is 0 Å². The molecular formula is C13H12N2O2. The molecule has 0 aliphatic heterocycles. The maximum absolute atomic E-state index is 10.9. The summed E-state index contributed by atoms with van der Waals surface area (Å²) >= 11 is 0. The minimum absolute atomic E-state index is 0.426. The fourth-order valence-corrected chi connectivity index (χ4v) is 1.36. The molecule has 0 bridgehead atoms. The van der Waals surface area contributed by atoms with Gasteiger partial charge >= 0.3 is 0 Å². The highest BCUT2D eigenvalue weighted by molar-refractivity contribution is 5.92. The van der Waals surface area contributed by atoms with Crippen LogP contribution in [0.3, 0.4) is 0 Å². The van der Waals surface area contributed by atoms with Gasteiger partial charge in [0.05, 0.1) is 6.20 Å². The number of hydrogen-bond acceptors (Lipinski definition) is 3. The third kappa shape index (κ3) is 3.04. The Kier molecular flexibility index (Phi) is 3.35. The fraction of sp³-hybridized carbons (Fsp3) is 0.0769. The zero-order valence-corrected chi connectivity index (χ0v) is 9.17. The van der Waals surface area contributed by atoms with E-state index in [0.717, 1.165) is 5.56 Å². The highest BCUT2D eigenvalue weighted by Crippen LogP contribution is 2.10. The van der Waals surface area contributed by atoms with Crippen LogP contribution in [0, 0.1) is 0 Å². The van der Waals surface area contributed by atoms with Crippen LogP contribution in [0.4, 0.5) is 0 Å². The second-order valence-corrected chi connectivity index (χ2v) is 3.54. The molecule has 1 aromatic heterocycles. The average Bonchev–Trinajstić information content (AvgIpc) is 2.38. The molecule has 0 radical (unpaired) electrons. The largest absolute Gasteiger partial charge is 0.487 e. The van der Waals surface area contributed by atoms with E-state index >= 15 is 0 Å². The number of benzene rings is 1.